The van der Waals surface area contributed by atoms with Crippen molar-refractivity contribution in [3.8, 4) is 5.75 Å². The van der Waals surface area contributed by atoms with Gasteiger partial charge in [-0.25, -0.2) is 17.7 Å². The van der Waals surface area contributed by atoms with Crippen LogP contribution in [0.4, 0.5) is 13.2 Å². The molecule has 3 heterocycles. The third-order valence-corrected chi connectivity index (χ3v) is 14.4. The number of β-amino-alcohol motifs (C(OH)–C–C–N with tert-alkyl or cyclic N) is 2. The van der Waals surface area contributed by atoms with Gasteiger partial charge in [-0.05, 0) is 110 Å². The Morgan fingerprint density at radius 1 is 0.826 bits per heavy atom. The number of carbonyl (C=O) groups excluding carboxylic acids is 3. The second-order valence-corrected chi connectivity index (χ2v) is 21.4. The highest BCUT2D eigenvalue weighted by molar-refractivity contribution is 7.46. The van der Waals surface area contributed by atoms with E-state index in [1.807, 2.05) is 27.8 Å². The standard InChI is InChI=1S/C51H63F3N5O9P/c1-50(2,3)56-30-45(61)34-7-20-46(68-69(65,66)67)35(26-34)32-59(4)24-21-33(22-25-59)29-55-48(63)43-6-5-23-57(43)49(64)44-27-42(60)31-58(44)47(62)28-51(36-8-14-39(52)15-9-36,37-10-16-40(53)17-11-37)38-12-18-41(54)19-13-38/h7-20,26,33,42-45,56,60-61H,5-6,21-25,27-32H2,1-4H3,(H2-,55,63,65,66,67)/p+1/t33?,42-,43-,44+,45?,59?/m1/s1. The fourth-order valence-corrected chi connectivity index (χ4v) is 10.6. The Bertz CT molecular complexity index is 2390. The molecule has 3 aliphatic rings. The number of likely N-dealkylation sites (tertiary alicyclic amines) is 3. The minimum Gasteiger partial charge on any atom is -0.404 e. The number of amides is 3. The van der Waals surface area contributed by atoms with Gasteiger partial charge >= 0.3 is 7.82 Å². The van der Waals surface area contributed by atoms with E-state index in [2.05, 4.69) is 10.6 Å². The van der Waals surface area contributed by atoms with Crippen molar-refractivity contribution in [2.45, 2.75) is 101 Å². The predicted molar refractivity (Wildman–Crippen MR) is 252 cm³/mol. The highest BCUT2D eigenvalue weighted by Crippen LogP contribution is 2.44. The van der Waals surface area contributed by atoms with Crippen LogP contribution in [-0.4, -0.2) is 122 Å². The summed E-state index contributed by atoms with van der Waals surface area (Å²) in [5.41, 5.74) is 0.880. The molecule has 18 heteroatoms. The van der Waals surface area contributed by atoms with Gasteiger partial charge < -0.3 is 39.7 Å². The van der Waals surface area contributed by atoms with Crippen LogP contribution in [-0.2, 0) is 30.9 Å². The lowest BCUT2D eigenvalue weighted by molar-refractivity contribution is -0.928. The number of aliphatic hydroxyl groups is 2. The molecule has 0 spiro atoms. The van der Waals surface area contributed by atoms with E-state index in [9.17, 15) is 52.1 Å². The minimum absolute atomic E-state index is 0.0418. The molecular formula is C51H64F3N5O9P+. The number of nitrogens with one attached hydrogen (secondary N) is 2. The van der Waals surface area contributed by atoms with Gasteiger partial charge in [-0.3, -0.25) is 24.2 Å². The summed E-state index contributed by atoms with van der Waals surface area (Å²) in [6.45, 7) is 8.44. The summed E-state index contributed by atoms with van der Waals surface area (Å²) >= 11 is 0. The number of quaternary nitrogens is 1. The summed E-state index contributed by atoms with van der Waals surface area (Å²) in [4.78, 5) is 65.3. The van der Waals surface area contributed by atoms with E-state index < -0.39 is 66.8 Å². The van der Waals surface area contributed by atoms with Gasteiger partial charge in [0.05, 0.1) is 37.8 Å². The highest BCUT2D eigenvalue weighted by Gasteiger charge is 2.48. The molecular weight excluding hydrogens is 915 g/mol. The molecule has 3 saturated heterocycles. The van der Waals surface area contributed by atoms with E-state index in [1.165, 1.54) is 88.7 Å². The fraction of sp³-hybridized carbons (Fsp3) is 0.471. The third-order valence-electron chi connectivity index (χ3n) is 13.9. The van der Waals surface area contributed by atoms with E-state index in [0.29, 0.717) is 71.3 Å². The third kappa shape index (κ3) is 12.6. The van der Waals surface area contributed by atoms with E-state index >= 15 is 0 Å². The lowest BCUT2D eigenvalue weighted by atomic mass is 9.67. The fourth-order valence-electron chi connectivity index (χ4n) is 10.2. The topological polar surface area (TPSA) is 189 Å². The number of phosphoric ester groups is 1. The lowest BCUT2D eigenvalue weighted by Gasteiger charge is -2.41. The molecule has 4 aromatic rings. The molecule has 0 aliphatic carbocycles. The summed E-state index contributed by atoms with van der Waals surface area (Å²) in [5.74, 6) is -2.75. The number of carbonyl (C=O) groups is 3. The molecule has 0 saturated carbocycles. The number of hydrogen-bond donors (Lipinski definition) is 6. The first-order valence-electron chi connectivity index (χ1n) is 23.5. The highest BCUT2D eigenvalue weighted by atomic mass is 31.2. The summed E-state index contributed by atoms with van der Waals surface area (Å²) < 4.78 is 60.6. The molecule has 4 atom stereocenters. The maximum atomic E-state index is 14.8. The van der Waals surface area contributed by atoms with Crippen LogP contribution < -0.4 is 15.2 Å². The van der Waals surface area contributed by atoms with Crippen LogP contribution in [0.2, 0.25) is 0 Å². The first kappa shape index (κ1) is 51.7. The Morgan fingerprint density at radius 3 is 1.90 bits per heavy atom. The second-order valence-electron chi connectivity index (χ2n) is 20.3. The molecule has 372 valence electrons. The second kappa shape index (κ2) is 21.1. The van der Waals surface area contributed by atoms with Gasteiger partial charge in [-0.15, -0.1) is 0 Å². The first-order valence-corrected chi connectivity index (χ1v) is 25.0. The van der Waals surface area contributed by atoms with Gasteiger partial charge in [-0.2, -0.15) is 0 Å². The molecule has 7 rings (SSSR count). The summed E-state index contributed by atoms with van der Waals surface area (Å²) in [6.07, 6.45) is 0.0929. The van der Waals surface area contributed by atoms with Crippen molar-refractivity contribution in [1.29, 1.82) is 0 Å². The van der Waals surface area contributed by atoms with Gasteiger partial charge in [-0.1, -0.05) is 42.5 Å². The van der Waals surface area contributed by atoms with Gasteiger partial charge in [0.2, 0.25) is 17.7 Å². The normalized spacial score (nSPS) is 22.7. The Morgan fingerprint density at radius 2 is 1.38 bits per heavy atom. The van der Waals surface area contributed by atoms with Crippen LogP contribution >= 0.6 is 7.82 Å². The van der Waals surface area contributed by atoms with Crippen molar-refractivity contribution >= 4 is 25.5 Å². The van der Waals surface area contributed by atoms with Crippen molar-refractivity contribution in [2.75, 3.05) is 46.3 Å². The van der Waals surface area contributed by atoms with E-state index in [0.717, 1.165) is 12.8 Å². The minimum atomic E-state index is -4.88. The number of piperidine rings is 1. The number of benzene rings is 4. The number of halogens is 3. The molecule has 4 aromatic carbocycles. The average Bonchev–Trinajstić information content (AvgIpc) is 3.95. The maximum Gasteiger partial charge on any atom is 0.524 e. The monoisotopic (exact) mass is 978 g/mol. The molecule has 3 amide bonds. The summed E-state index contributed by atoms with van der Waals surface area (Å²) in [7, 11) is -2.83. The number of hydrogen-bond acceptors (Lipinski definition) is 8. The van der Waals surface area contributed by atoms with E-state index in [-0.39, 0.29) is 55.6 Å². The maximum absolute atomic E-state index is 14.8. The SMILES string of the molecule is CC(C)(C)NCC(O)c1ccc(OP(=O)(O)O)c(C[N+]2(C)CCC(CNC(=O)[C@H]3CCCN3C(=O)[C@@H]3C[C@@H](O)CN3C(=O)CC(c3ccc(F)cc3)(c3ccc(F)cc3)c3ccc(F)cc3)CC2)c1. The van der Waals surface area contributed by atoms with Crippen LogP contribution in [0, 0.1) is 23.4 Å². The van der Waals surface area contributed by atoms with Gasteiger partial charge in [0.25, 0.3) is 0 Å². The first-order chi connectivity index (χ1) is 32.5. The largest absolute Gasteiger partial charge is 0.524 e. The Kier molecular flexibility index (Phi) is 15.8. The van der Waals surface area contributed by atoms with Crippen molar-refractivity contribution in [1.82, 2.24) is 20.4 Å². The van der Waals surface area contributed by atoms with E-state index in [1.54, 1.807) is 12.1 Å². The Hall–Kier alpha value is -5.13. The van der Waals surface area contributed by atoms with Crippen LogP contribution in [0.15, 0.2) is 91.0 Å². The lowest BCUT2D eigenvalue weighted by Crippen LogP contribution is -2.54. The quantitative estimate of drug-likeness (QED) is 0.0452. The average molecular weight is 979 g/mol. The molecule has 3 aliphatic heterocycles. The van der Waals surface area contributed by atoms with Crippen molar-refractivity contribution in [2.24, 2.45) is 5.92 Å². The molecule has 3 fully saturated rings. The van der Waals surface area contributed by atoms with Crippen LogP contribution in [0.5, 0.6) is 5.75 Å². The van der Waals surface area contributed by atoms with Crippen molar-refractivity contribution in [3.63, 3.8) is 0 Å². The zero-order valence-corrected chi connectivity index (χ0v) is 40.4. The van der Waals surface area contributed by atoms with Gasteiger partial charge in [0, 0.05) is 63.0 Å². The van der Waals surface area contributed by atoms with Gasteiger partial charge in [0.1, 0.15) is 41.8 Å². The molecule has 14 nitrogen and oxygen atoms in total. The van der Waals surface area contributed by atoms with Crippen LogP contribution in [0.3, 0.4) is 0 Å². The van der Waals surface area contributed by atoms with Gasteiger partial charge in [0.15, 0.2) is 0 Å². The summed E-state index contributed by atoms with van der Waals surface area (Å²) in [6, 6.07) is 19.4. The molecule has 69 heavy (non-hydrogen) atoms. The molecule has 0 bridgehead atoms. The number of nitrogens with zero attached hydrogens (tertiary/aromatic N) is 3. The van der Waals surface area contributed by atoms with E-state index in [4.69, 9.17) is 4.52 Å². The zero-order chi connectivity index (χ0) is 49.9. The number of phosphoric acid groups is 1. The Labute approximate surface area is 401 Å². The smallest absolute Gasteiger partial charge is 0.404 e. The summed E-state index contributed by atoms with van der Waals surface area (Å²) in [5, 5.41) is 28.3. The van der Waals surface area contributed by atoms with Crippen LogP contribution in [0.25, 0.3) is 0 Å². The molecule has 0 aromatic heterocycles. The van der Waals surface area contributed by atoms with Crippen molar-refractivity contribution in [3.05, 3.63) is 136 Å². The predicted octanol–water partition coefficient (Wildman–Crippen LogP) is 5.85. The molecule has 1 unspecified atom stereocenters. The molecule has 0 radical (unpaired) electrons. The number of aliphatic hydroxyl groups excluding tert-OH is 2. The Balaban J connectivity index is 1.01. The van der Waals surface area contributed by atoms with Crippen LogP contribution in [0.1, 0.15) is 93.2 Å². The number of rotatable bonds is 16. The zero-order valence-electron chi connectivity index (χ0n) is 39.5. The van der Waals surface area contributed by atoms with Crippen molar-refractivity contribution < 1.29 is 61.1 Å². The molecule has 6 N–H and O–H groups in total.